The summed E-state index contributed by atoms with van der Waals surface area (Å²) in [6.45, 7) is 1.76. The van der Waals surface area contributed by atoms with E-state index in [2.05, 4.69) is 9.89 Å². The van der Waals surface area contributed by atoms with Gasteiger partial charge in [0.05, 0.1) is 18.7 Å². The van der Waals surface area contributed by atoms with Crippen LogP contribution in [0, 0.1) is 11.7 Å². The van der Waals surface area contributed by atoms with Gasteiger partial charge in [-0.2, -0.15) is 0 Å². The minimum atomic E-state index is -0.303. The first kappa shape index (κ1) is 13.3. The molecule has 0 aliphatic rings. The van der Waals surface area contributed by atoms with Gasteiger partial charge in [0.2, 0.25) is 0 Å². The Morgan fingerprint density at radius 1 is 1.42 bits per heavy atom. The van der Waals surface area contributed by atoms with Crippen molar-refractivity contribution in [1.82, 2.24) is 5.16 Å². The van der Waals surface area contributed by atoms with Gasteiger partial charge in [0.15, 0.2) is 5.76 Å². The Kier molecular flexibility index (Phi) is 3.94. The zero-order valence-corrected chi connectivity index (χ0v) is 10.7. The maximum atomic E-state index is 12.8. The van der Waals surface area contributed by atoms with Crippen molar-refractivity contribution in [2.45, 2.75) is 13.3 Å². The molecule has 0 bridgehead atoms. The number of benzene rings is 1. The molecule has 2 aromatic rings. The van der Waals surface area contributed by atoms with Crippen LogP contribution < -0.4 is 0 Å². The lowest BCUT2D eigenvalue weighted by Crippen LogP contribution is -2.15. The van der Waals surface area contributed by atoms with Gasteiger partial charge in [-0.15, -0.1) is 0 Å². The van der Waals surface area contributed by atoms with Gasteiger partial charge in [-0.25, -0.2) is 4.39 Å². The predicted molar refractivity (Wildman–Crippen MR) is 66.8 cm³/mol. The molecule has 0 saturated heterocycles. The summed E-state index contributed by atoms with van der Waals surface area (Å²) in [5.41, 5.74) is 1.41. The summed E-state index contributed by atoms with van der Waals surface area (Å²) in [6, 6.07) is 7.68. The third kappa shape index (κ3) is 3.19. The van der Waals surface area contributed by atoms with E-state index in [1.165, 1.54) is 19.2 Å². The number of carbonyl (C=O) groups is 1. The SMILES string of the molecule is COC(=O)C(C)Cc1cc(-c2ccc(F)cc2)on1. The third-order valence-electron chi connectivity index (χ3n) is 2.81. The average molecular weight is 263 g/mol. The second-order valence-electron chi connectivity index (χ2n) is 4.32. The minimum absolute atomic E-state index is 0.281. The van der Waals surface area contributed by atoms with Gasteiger partial charge in [-0.1, -0.05) is 12.1 Å². The topological polar surface area (TPSA) is 52.3 Å². The lowest BCUT2D eigenvalue weighted by Gasteiger charge is -2.05. The van der Waals surface area contributed by atoms with Gasteiger partial charge in [-0.3, -0.25) is 4.79 Å². The molecule has 1 unspecified atom stereocenters. The molecule has 0 spiro atoms. The van der Waals surface area contributed by atoms with E-state index in [1.54, 1.807) is 25.1 Å². The summed E-state index contributed by atoms with van der Waals surface area (Å²) in [6.07, 6.45) is 0.442. The summed E-state index contributed by atoms with van der Waals surface area (Å²) < 4.78 is 22.6. The second-order valence-corrected chi connectivity index (χ2v) is 4.32. The van der Waals surface area contributed by atoms with Crippen LogP contribution in [0.25, 0.3) is 11.3 Å². The maximum Gasteiger partial charge on any atom is 0.308 e. The standard InChI is InChI=1S/C14H14FNO3/c1-9(14(17)18-2)7-12-8-13(19-16-12)10-3-5-11(15)6-4-10/h3-6,8-9H,7H2,1-2H3. The molecule has 100 valence electrons. The number of aromatic nitrogens is 1. The summed E-state index contributed by atoms with van der Waals surface area (Å²) >= 11 is 0. The number of halogens is 1. The van der Waals surface area contributed by atoms with Crippen molar-refractivity contribution in [3.05, 3.63) is 41.8 Å². The zero-order chi connectivity index (χ0) is 13.8. The van der Waals surface area contributed by atoms with Crippen LogP contribution in [-0.2, 0) is 16.0 Å². The molecule has 0 amide bonds. The molecule has 4 nitrogen and oxygen atoms in total. The molecular weight excluding hydrogens is 249 g/mol. The number of rotatable bonds is 4. The molecule has 5 heteroatoms. The van der Waals surface area contributed by atoms with Crippen LogP contribution in [0.4, 0.5) is 4.39 Å². The molecule has 0 aliphatic heterocycles. The number of carbonyl (C=O) groups excluding carboxylic acids is 1. The molecule has 1 atom stereocenters. The van der Waals surface area contributed by atoms with Gasteiger partial charge in [-0.05, 0) is 24.3 Å². The number of hydrogen-bond acceptors (Lipinski definition) is 4. The van der Waals surface area contributed by atoms with Crippen LogP contribution in [0.1, 0.15) is 12.6 Å². The van der Waals surface area contributed by atoms with Crippen molar-refractivity contribution < 1.29 is 18.4 Å². The molecule has 0 N–H and O–H groups in total. The van der Waals surface area contributed by atoms with Crippen molar-refractivity contribution in [1.29, 1.82) is 0 Å². The first-order valence-corrected chi connectivity index (χ1v) is 5.89. The van der Waals surface area contributed by atoms with Gasteiger partial charge in [0.25, 0.3) is 0 Å². The van der Waals surface area contributed by atoms with Gasteiger partial charge >= 0.3 is 5.97 Å². The molecule has 1 aromatic heterocycles. The number of hydrogen-bond donors (Lipinski definition) is 0. The number of methoxy groups -OCH3 is 1. The highest BCUT2D eigenvalue weighted by Crippen LogP contribution is 2.21. The average Bonchev–Trinajstić information content (AvgIpc) is 2.87. The summed E-state index contributed by atoms with van der Waals surface area (Å²) in [7, 11) is 1.35. The van der Waals surface area contributed by atoms with E-state index in [9.17, 15) is 9.18 Å². The highest BCUT2D eigenvalue weighted by atomic mass is 19.1. The molecule has 0 radical (unpaired) electrons. The monoisotopic (exact) mass is 263 g/mol. The lowest BCUT2D eigenvalue weighted by atomic mass is 10.1. The second kappa shape index (κ2) is 5.65. The number of esters is 1. The normalized spacial score (nSPS) is 12.2. The van der Waals surface area contributed by atoms with Crippen LogP contribution in [0.3, 0.4) is 0 Å². The van der Waals surface area contributed by atoms with Crippen molar-refractivity contribution in [3.8, 4) is 11.3 Å². The molecule has 0 fully saturated rings. The Balaban J connectivity index is 2.11. The van der Waals surface area contributed by atoms with Crippen molar-refractivity contribution >= 4 is 5.97 Å². The number of ether oxygens (including phenoxy) is 1. The van der Waals surface area contributed by atoms with Crippen LogP contribution in [-0.4, -0.2) is 18.2 Å². The first-order valence-electron chi connectivity index (χ1n) is 5.89. The molecular formula is C14H14FNO3. The highest BCUT2D eigenvalue weighted by Gasteiger charge is 2.16. The fraction of sp³-hybridized carbons (Fsp3) is 0.286. The predicted octanol–water partition coefficient (Wildman–Crippen LogP) is 2.83. The minimum Gasteiger partial charge on any atom is -0.469 e. The smallest absolute Gasteiger partial charge is 0.308 e. The van der Waals surface area contributed by atoms with E-state index >= 15 is 0 Å². The molecule has 19 heavy (non-hydrogen) atoms. The largest absolute Gasteiger partial charge is 0.469 e. The van der Waals surface area contributed by atoms with Crippen LogP contribution >= 0.6 is 0 Å². The highest BCUT2D eigenvalue weighted by molar-refractivity contribution is 5.72. The van der Waals surface area contributed by atoms with Crippen LogP contribution in [0.2, 0.25) is 0 Å². The molecule has 2 rings (SSSR count). The van der Waals surface area contributed by atoms with E-state index in [0.29, 0.717) is 17.9 Å². The summed E-state index contributed by atoms with van der Waals surface area (Å²) in [4.78, 5) is 11.3. The van der Waals surface area contributed by atoms with E-state index in [1.807, 2.05) is 0 Å². The van der Waals surface area contributed by atoms with Crippen LogP contribution in [0.15, 0.2) is 34.9 Å². The lowest BCUT2D eigenvalue weighted by molar-refractivity contribution is -0.144. The Morgan fingerprint density at radius 3 is 2.74 bits per heavy atom. The Labute approximate surface area is 110 Å². The Bertz CT molecular complexity index is 562. The van der Waals surface area contributed by atoms with E-state index < -0.39 is 0 Å². The van der Waals surface area contributed by atoms with Crippen molar-refractivity contribution in [3.63, 3.8) is 0 Å². The summed E-state index contributed by atoms with van der Waals surface area (Å²) in [5.74, 6) is -0.322. The third-order valence-corrected chi connectivity index (χ3v) is 2.81. The van der Waals surface area contributed by atoms with Gasteiger partial charge in [0, 0.05) is 18.1 Å². The maximum absolute atomic E-state index is 12.8. The first-order chi connectivity index (χ1) is 9.10. The van der Waals surface area contributed by atoms with E-state index in [0.717, 1.165) is 5.56 Å². The molecule has 0 saturated carbocycles. The zero-order valence-electron chi connectivity index (χ0n) is 10.7. The quantitative estimate of drug-likeness (QED) is 0.796. The molecule has 1 aromatic carbocycles. The van der Waals surface area contributed by atoms with Crippen molar-refractivity contribution in [2.24, 2.45) is 5.92 Å². The van der Waals surface area contributed by atoms with E-state index in [-0.39, 0.29) is 17.7 Å². The van der Waals surface area contributed by atoms with Gasteiger partial charge < -0.3 is 9.26 Å². The van der Waals surface area contributed by atoms with Crippen LogP contribution in [0.5, 0.6) is 0 Å². The molecule has 1 heterocycles. The molecule has 0 aliphatic carbocycles. The fourth-order valence-corrected chi connectivity index (χ4v) is 1.76. The summed E-state index contributed by atoms with van der Waals surface area (Å²) in [5, 5.41) is 3.90. The number of nitrogens with zero attached hydrogens (tertiary/aromatic N) is 1. The Morgan fingerprint density at radius 2 is 2.11 bits per heavy atom. The fourth-order valence-electron chi connectivity index (χ4n) is 1.76. The van der Waals surface area contributed by atoms with E-state index in [4.69, 9.17) is 4.52 Å². The van der Waals surface area contributed by atoms with Gasteiger partial charge in [0.1, 0.15) is 5.82 Å². The Hall–Kier alpha value is -2.17. The van der Waals surface area contributed by atoms with Crippen molar-refractivity contribution in [2.75, 3.05) is 7.11 Å².